The van der Waals surface area contributed by atoms with Gasteiger partial charge in [0.15, 0.2) is 5.78 Å². The minimum Gasteiger partial charge on any atom is -0.343 e. The van der Waals surface area contributed by atoms with E-state index in [0.717, 1.165) is 16.7 Å². The van der Waals surface area contributed by atoms with E-state index in [2.05, 4.69) is 25.5 Å². The highest BCUT2D eigenvalue weighted by molar-refractivity contribution is 7.89. The number of hydrogen-bond acceptors (Lipinski definition) is 4. The Morgan fingerprint density at radius 3 is 2.09 bits per heavy atom. The van der Waals surface area contributed by atoms with Crippen molar-refractivity contribution in [3.05, 3.63) is 65.2 Å². The predicted molar refractivity (Wildman–Crippen MR) is 130 cm³/mol. The van der Waals surface area contributed by atoms with Gasteiger partial charge in [0, 0.05) is 37.5 Å². The highest BCUT2D eigenvalue weighted by atomic mass is 32.2. The Bertz CT molecular complexity index is 1080. The Morgan fingerprint density at radius 1 is 0.970 bits per heavy atom. The number of carbonyl (C=O) groups excluding carboxylic acids is 2. The molecule has 3 rings (SSSR count). The van der Waals surface area contributed by atoms with Gasteiger partial charge in [0.2, 0.25) is 15.9 Å². The first kappa shape index (κ1) is 25.1. The van der Waals surface area contributed by atoms with Gasteiger partial charge in [-0.3, -0.25) is 9.59 Å². The number of ketones is 1. The van der Waals surface area contributed by atoms with Crippen LogP contribution in [0.2, 0.25) is 0 Å². The maximum atomic E-state index is 12.7. The third kappa shape index (κ3) is 6.51. The molecule has 33 heavy (non-hydrogen) atoms. The third-order valence-corrected chi connectivity index (χ3v) is 7.69. The van der Waals surface area contributed by atoms with Crippen LogP contribution in [0.5, 0.6) is 0 Å². The van der Waals surface area contributed by atoms with Crippen molar-refractivity contribution in [3.8, 4) is 0 Å². The fourth-order valence-corrected chi connectivity index (χ4v) is 5.04. The number of nitrogens with one attached hydrogen (secondary N) is 1. The molecule has 1 aliphatic heterocycles. The SMILES string of the molecule is Cc1ccc(C(=O)C2CCN(C(=O)CCNS(=O)(=O)c3ccc(C(C)(C)C)cc3)CC2)cc1. The molecule has 178 valence electrons. The van der Waals surface area contributed by atoms with Crippen LogP contribution in [0.25, 0.3) is 0 Å². The van der Waals surface area contributed by atoms with Crippen LogP contribution in [0.1, 0.15) is 61.5 Å². The van der Waals surface area contributed by atoms with Crippen molar-refractivity contribution in [2.45, 2.75) is 57.3 Å². The summed E-state index contributed by atoms with van der Waals surface area (Å²) in [6, 6.07) is 14.4. The van der Waals surface area contributed by atoms with Crippen LogP contribution in [0.3, 0.4) is 0 Å². The minimum atomic E-state index is -3.67. The number of aryl methyl sites for hydroxylation is 1. The Labute approximate surface area is 197 Å². The molecular weight excluding hydrogens is 436 g/mol. The molecule has 0 bridgehead atoms. The minimum absolute atomic E-state index is 0.0460. The number of nitrogens with zero attached hydrogens (tertiary/aromatic N) is 1. The van der Waals surface area contributed by atoms with Gasteiger partial charge in [-0.25, -0.2) is 13.1 Å². The summed E-state index contributed by atoms with van der Waals surface area (Å²) in [5.41, 5.74) is 2.83. The molecule has 0 atom stereocenters. The summed E-state index contributed by atoms with van der Waals surface area (Å²) < 4.78 is 27.6. The summed E-state index contributed by atoms with van der Waals surface area (Å²) in [6.07, 6.45) is 1.35. The molecule has 1 aliphatic rings. The third-order valence-electron chi connectivity index (χ3n) is 6.22. The molecule has 0 radical (unpaired) electrons. The fourth-order valence-electron chi connectivity index (χ4n) is 4.01. The molecule has 0 saturated carbocycles. The van der Waals surface area contributed by atoms with Gasteiger partial charge >= 0.3 is 0 Å². The molecule has 1 N–H and O–H groups in total. The van der Waals surface area contributed by atoms with Crippen LogP contribution in [0.4, 0.5) is 0 Å². The lowest BCUT2D eigenvalue weighted by Crippen LogP contribution is -2.41. The zero-order valence-corrected chi connectivity index (χ0v) is 20.7. The molecule has 2 aromatic rings. The number of amides is 1. The number of Topliss-reactive ketones (excluding diaryl/α,β-unsaturated/α-hetero) is 1. The Hall–Kier alpha value is -2.51. The van der Waals surface area contributed by atoms with Crippen LogP contribution in [0, 0.1) is 12.8 Å². The fraction of sp³-hybridized carbons (Fsp3) is 0.462. The van der Waals surface area contributed by atoms with E-state index in [0.29, 0.717) is 25.9 Å². The van der Waals surface area contributed by atoms with Gasteiger partial charge < -0.3 is 4.90 Å². The highest BCUT2D eigenvalue weighted by Gasteiger charge is 2.28. The van der Waals surface area contributed by atoms with Gasteiger partial charge in [0.1, 0.15) is 0 Å². The molecular formula is C26H34N2O4S. The second-order valence-electron chi connectivity index (χ2n) is 9.81. The van der Waals surface area contributed by atoms with Crippen molar-refractivity contribution in [3.63, 3.8) is 0 Å². The summed E-state index contributed by atoms with van der Waals surface area (Å²) in [7, 11) is -3.67. The maximum absolute atomic E-state index is 12.7. The van der Waals surface area contributed by atoms with E-state index < -0.39 is 10.0 Å². The van der Waals surface area contributed by atoms with Crippen LogP contribution < -0.4 is 4.72 Å². The van der Waals surface area contributed by atoms with E-state index in [1.165, 1.54) is 0 Å². The van der Waals surface area contributed by atoms with E-state index in [1.54, 1.807) is 17.0 Å². The van der Waals surface area contributed by atoms with Gasteiger partial charge in [-0.1, -0.05) is 62.7 Å². The second-order valence-corrected chi connectivity index (χ2v) is 11.6. The molecule has 1 heterocycles. The van der Waals surface area contributed by atoms with E-state index >= 15 is 0 Å². The van der Waals surface area contributed by atoms with Crippen molar-refractivity contribution in [1.29, 1.82) is 0 Å². The number of hydrogen-bond donors (Lipinski definition) is 1. The lowest BCUT2D eigenvalue weighted by atomic mass is 9.87. The Balaban J connectivity index is 1.46. The van der Waals surface area contributed by atoms with Crippen molar-refractivity contribution in [1.82, 2.24) is 9.62 Å². The molecule has 0 spiro atoms. The lowest BCUT2D eigenvalue weighted by molar-refractivity contribution is -0.132. The molecule has 6 nitrogen and oxygen atoms in total. The average molecular weight is 471 g/mol. The average Bonchev–Trinajstić information content (AvgIpc) is 2.78. The van der Waals surface area contributed by atoms with Crippen molar-refractivity contribution >= 4 is 21.7 Å². The van der Waals surface area contributed by atoms with Crippen molar-refractivity contribution < 1.29 is 18.0 Å². The van der Waals surface area contributed by atoms with Gasteiger partial charge in [0.25, 0.3) is 0 Å². The summed E-state index contributed by atoms with van der Waals surface area (Å²) in [4.78, 5) is 27.2. The quantitative estimate of drug-likeness (QED) is 0.618. The van der Waals surface area contributed by atoms with Crippen LogP contribution >= 0.6 is 0 Å². The number of rotatable bonds is 7. The number of likely N-dealkylation sites (tertiary alicyclic amines) is 1. The van der Waals surface area contributed by atoms with E-state index in [1.807, 2.05) is 43.3 Å². The summed E-state index contributed by atoms with van der Waals surface area (Å²) in [5, 5.41) is 0. The molecule has 1 saturated heterocycles. The Morgan fingerprint density at radius 2 is 1.55 bits per heavy atom. The molecule has 0 aliphatic carbocycles. The smallest absolute Gasteiger partial charge is 0.240 e. The van der Waals surface area contributed by atoms with Gasteiger partial charge in [-0.05, 0) is 42.9 Å². The van der Waals surface area contributed by atoms with Crippen molar-refractivity contribution in [2.24, 2.45) is 5.92 Å². The lowest BCUT2D eigenvalue weighted by Gasteiger charge is -2.31. The maximum Gasteiger partial charge on any atom is 0.240 e. The highest BCUT2D eigenvalue weighted by Crippen LogP contribution is 2.24. The van der Waals surface area contributed by atoms with Gasteiger partial charge in [-0.15, -0.1) is 0 Å². The molecule has 0 aromatic heterocycles. The standard InChI is InChI=1S/C26H34N2O4S/c1-19-5-7-20(8-6-19)25(30)21-14-17-28(18-15-21)24(29)13-16-27-33(31,32)23-11-9-22(10-12-23)26(2,3)4/h5-12,21,27H,13-18H2,1-4H3. The van der Waals surface area contributed by atoms with Crippen LogP contribution in [-0.2, 0) is 20.2 Å². The normalized spacial score (nSPS) is 15.5. The van der Waals surface area contributed by atoms with E-state index in [-0.39, 0.29) is 40.9 Å². The molecule has 2 aromatic carbocycles. The monoisotopic (exact) mass is 470 g/mol. The molecule has 1 amide bonds. The topological polar surface area (TPSA) is 83.6 Å². The zero-order valence-electron chi connectivity index (χ0n) is 19.9. The number of sulfonamides is 1. The molecule has 1 fully saturated rings. The molecule has 0 unspecified atom stereocenters. The van der Waals surface area contributed by atoms with Crippen molar-refractivity contribution in [2.75, 3.05) is 19.6 Å². The summed E-state index contributed by atoms with van der Waals surface area (Å²) in [5.74, 6) is -0.0410. The van der Waals surface area contributed by atoms with Crippen LogP contribution in [-0.4, -0.2) is 44.6 Å². The van der Waals surface area contributed by atoms with E-state index in [9.17, 15) is 18.0 Å². The Kier molecular flexibility index (Phi) is 7.75. The zero-order chi connectivity index (χ0) is 24.2. The van der Waals surface area contributed by atoms with E-state index in [4.69, 9.17) is 0 Å². The first-order valence-corrected chi connectivity index (χ1v) is 12.9. The first-order chi connectivity index (χ1) is 15.5. The van der Waals surface area contributed by atoms with Gasteiger partial charge in [-0.2, -0.15) is 0 Å². The summed E-state index contributed by atoms with van der Waals surface area (Å²) >= 11 is 0. The number of carbonyl (C=O) groups is 2. The largest absolute Gasteiger partial charge is 0.343 e. The van der Waals surface area contributed by atoms with Crippen LogP contribution in [0.15, 0.2) is 53.4 Å². The number of benzene rings is 2. The molecule has 7 heteroatoms. The van der Waals surface area contributed by atoms with Gasteiger partial charge in [0.05, 0.1) is 4.90 Å². The number of piperidine rings is 1. The summed E-state index contributed by atoms with van der Waals surface area (Å²) in [6.45, 7) is 9.28. The predicted octanol–water partition coefficient (Wildman–Crippen LogP) is 4.08. The first-order valence-electron chi connectivity index (χ1n) is 11.5. The second kappa shape index (κ2) is 10.2.